The van der Waals surface area contributed by atoms with Crippen LogP contribution in [-0.2, 0) is 9.59 Å². The van der Waals surface area contributed by atoms with Gasteiger partial charge in [-0.25, -0.2) is 4.90 Å². The van der Waals surface area contributed by atoms with Crippen molar-refractivity contribution in [3.05, 3.63) is 144 Å². The molecular formula is C34H25NO2. The van der Waals surface area contributed by atoms with E-state index >= 15 is 0 Å². The maximum Gasteiger partial charge on any atom is 0.238 e. The Morgan fingerprint density at radius 3 is 1.43 bits per heavy atom. The summed E-state index contributed by atoms with van der Waals surface area (Å²) in [4.78, 5) is 29.1. The molecule has 178 valence electrons. The third kappa shape index (κ3) is 3.35. The van der Waals surface area contributed by atoms with Crippen molar-refractivity contribution >= 4 is 23.1 Å². The predicted molar refractivity (Wildman–Crippen MR) is 146 cm³/mol. The molecule has 3 aliphatic rings. The Labute approximate surface area is 216 Å². The van der Waals surface area contributed by atoms with Crippen LogP contribution in [0.3, 0.4) is 0 Å². The van der Waals surface area contributed by atoms with Crippen LogP contribution in [0.25, 0.3) is 16.7 Å². The summed E-state index contributed by atoms with van der Waals surface area (Å²) in [5.74, 6) is -1.03. The monoisotopic (exact) mass is 479 g/mol. The number of anilines is 1. The lowest BCUT2D eigenvalue weighted by Crippen LogP contribution is -2.33. The van der Waals surface area contributed by atoms with Gasteiger partial charge in [0.2, 0.25) is 11.8 Å². The molecule has 0 radical (unpaired) electrons. The Bertz CT molecular complexity index is 1480. The molecule has 0 spiro atoms. The average Bonchev–Trinajstić information content (AvgIpc) is 3.59. The molecule has 1 saturated heterocycles. The van der Waals surface area contributed by atoms with Gasteiger partial charge < -0.3 is 0 Å². The molecule has 0 unspecified atom stereocenters. The van der Waals surface area contributed by atoms with Crippen LogP contribution in [0.1, 0.15) is 11.1 Å². The van der Waals surface area contributed by atoms with Gasteiger partial charge in [-0.05, 0) is 45.5 Å². The Hall–Kier alpha value is -4.50. The fraction of sp³-hybridized carbons (Fsp3) is 0.118. The van der Waals surface area contributed by atoms with E-state index in [1.807, 2.05) is 78.9 Å². The molecule has 1 saturated carbocycles. The topological polar surface area (TPSA) is 37.4 Å². The van der Waals surface area contributed by atoms with Crippen LogP contribution in [0.15, 0.2) is 133 Å². The van der Waals surface area contributed by atoms with E-state index in [-0.39, 0.29) is 35.5 Å². The Kier molecular flexibility index (Phi) is 5.03. The minimum Gasteiger partial charge on any atom is -0.274 e. The van der Waals surface area contributed by atoms with E-state index in [4.69, 9.17) is 0 Å². The highest BCUT2D eigenvalue weighted by Gasteiger charge is 2.62. The summed E-state index contributed by atoms with van der Waals surface area (Å²) in [6.07, 6.45) is 4.31. The summed E-state index contributed by atoms with van der Waals surface area (Å²) >= 11 is 0. The van der Waals surface area contributed by atoms with Gasteiger partial charge >= 0.3 is 0 Å². The van der Waals surface area contributed by atoms with E-state index in [1.54, 1.807) is 0 Å². The zero-order valence-corrected chi connectivity index (χ0v) is 20.2. The molecule has 0 aromatic heterocycles. The van der Waals surface area contributed by atoms with E-state index in [9.17, 15) is 9.59 Å². The maximum atomic E-state index is 13.8. The van der Waals surface area contributed by atoms with E-state index in [0.29, 0.717) is 5.69 Å². The lowest BCUT2D eigenvalue weighted by molar-refractivity contribution is -0.122. The number of allylic oxidation sites excluding steroid dienone is 3. The number of hydrogen-bond acceptors (Lipinski definition) is 2. The number of hydrogen-bond donors (Lipinski definition) is 0. The zero-order chi connectivity index (χ0) is 24.9. The molecule has 1 aliphatic heterocycles. The molecule has 4 aromatic rings. The van der Waals surface area contributed by atoms with Crippen LogP contribution >= 0.6 is 0 Å². The second kappa shape index (κ2) is 8.56. The van der Waals surface area contributed by atoms with Gasteiger partial charge in [0.1, 0.15) is 0 Å². The standard InChI is InChI=1S/C34H25NO2/c36-33-31-27-20-21-28(30(27)29(24-12-6-2-7-13-24)25-14-8-3-9-15-25)32(31)34(37)35(33)26-18-16-23(17-19-26)22-10-4-1-5-11-22/h1-21,27-28,31-32H/t27-,28-,31-,32+/m0/s1. The number of benzene rings is 4. The van der Waals surface area contributed by atoms with Crippen molar-refractivity contribution in [1.29, 1.82) is 0 Å². The first-order valence-corrected chi connectivity index (χ1v) is 12.8. The van der Waals surface area contributed by atoms with Gasteiger partial charge in [0, 0.05) is 11.8 Å². The first kappa shape index (κ1) is 21.8. The quantitative estimate of drug-likeness (QED) is 0.239. The number of carbonyl (C=O) groups is 2. The fourth-order valence-corrected chi connectivity index (χ4v) is 6.49. The third-order valence-electron chi connectivity index (χ3n) is 8.06. The number of fused-ring (bicyclic) bond motifs is 5. The van der Waals surface area contributed by atoms with Crippen molar-refractivity contribution in [3.63, 3.8) is 0 Å². The van der Waals surface area contributed by atoms with Crippen LogP contribution in [0.5, 0.6) is 0 Å². The molecule has 4 aromatic carbocycles. The van der Waals surface area contributed by atoms with E-state index < -0.39 is 0 Å². The first-order chi connectivity index (χ1) is 18.2. The highest BCUT2D eigenvalue weighted by molar-refractivity contribution is 6.23. The SMILES string of the molecule is O=C1[C@@H]2[C@H](C(=O)N1c1ccc(-c3ccccc3)cc1)[C@H]1C=C[C@H]2C1=C(c1ccccc1)c1ccccc1. The van der Waals surface area contributed by atoms with Gasteiger partial charge in [-0.2, -0.15) is 0 Å². The van der Waals surface area contributed by atoms with Crippen LogP contribution in [-0.4, -0.2) is 11.8 Å². The van der Waals surface area contributed by atoms with Crippen LogP contribution < -0.4 is 4.90 Å². The van der Waals surface area contributed by atoms with Crippen molar-refractivity contribution < 1.29 is 9.59 Å². The normalized spacial score (nSPS) is 23.6. The second-order valence-corrected chi connectivity index (χ2v) is 9.98. The van der Waals surface area contributed by atoms with Crippen molar-refractivity contribution in [3.8, 4) is 11.1 Å². The molecule has 2 aliphatic carbocycles. The van der Waals surface area contributed by atoms with Crippen molar-refractivity contribution in [2.45, 2.75) is 0 Å². The minimum absolute atomic E-state index is 0.0737. The summed E-state index contributed by atoms with van der Waals surface area (Å²) in [5, 5.41) is 0. The number of carbonyl (C=O) groups excluding carboxylic acids is 2. The maximum absolute atomic E-state index is 13.8. The molecular weight excluding hydrogens is 454 g/mol. The van der Waals surface area contributed by atoms with Crippen LogP contribution in [0, 0.1) is 23.7 Å². The molecule has 0 N–H and O–H groups in total. The average molecular weight is 480 g/mol. The fourth-order valence-electron chi connectivity index (χ4n) is 6.49. The van der Waals surface area contributed by atoms with Gasteiger partial charge in [-0.1, -0.05) is 115 Å². The molecule has 4 atom stereocenters. The predicted octanol–water partition coefficient (Wildman–Crippen LogP) is 6.78. The van der Waals surface area contributed by atoms with Crippen LogP contribution in [0.2, 0.25) is 0 Å². The van der Waals surface area contributed by atoms with E-state index in [2.05, 4.69) is 48.6 Å². The summed E-state index contributed by atoms with van der Waals surface area (Å²) in [6, 6.07) is 38.5. The van der Waals surface area contributed by atoms with Gasteiger partial charge in [0.05, 0.1) is 17.5 Å². The minimum atomic E-state index is -0.353. The number of imide groups is 1. The smallest absolute Gasteiger partial charge is 0.238 e. The van der Waals surface area contributed by atoms with Crippen molar-refractivity contribution in [2.24, 2.45) is 23.7 Å². The molecule has 2 amide bonds. The lowest BCUT2D eigenvalue weighted by Gasteiger charge is -2.21. The Balaban J connectivity index is 1.27. The second-order valence-electron chi connectivity index (χ2n) is 9.98. The summed E-state index contributed by atoms with van der Waals surface area (Å²) in [6.45, 7) is 0. The lowest BCUT2D eigenvalue weighted by atomic mass is 9.85. The molecule has 2 fully saturated rings. The number of rotatable bonds is 4. The number of amides is 2. The Morgan fingerprint density at radius 1 is 0.514 bits per heavy atom. The molecule has 7 rings (SSSR count). The van der Waals surface area contributed by atoms with Crippen molar-refractivity contribution in [2.75, 3.05) is 4.90 Å². The highest BCUT2D eigenvalue weighted by Crippen LogP contribution is 2.58. The molecule has 37 heavy (non-hydrogen) atoms. The highest BCUT2D eigenvalue weighted by atomic mass is 16.2. The van der Waals surface area contributed by atoms with Gasteiger partial charge in [-0.3, -0.25) is 9.59 Å². The molecule has 3 nitrogen and oxygen atoms in total. The largest absolute Gasteiger partial charge is 0.274 e. The van der Waals surface area contributed by atoms with Gasteiger partial charge in [-0.15, -0.1) is 0 Å². The van der Waals surface area contributed by atoms with Gasteiger partial charge in [0.15, 0.2) is 0 Å². The summed E-state index contributed by atoms with van der Waals surface area (Å²) in [5.41, 5.74) is 7.41. The van der Waals surface area contributed by atoms with E-state index in [1.165, 1.54) is 10.5 Å². The van der Waals surface area contributed by atoms with Crippen molar-refractivity contribution in [1.82, 2.24) is 0 Å². The summed E-state index contributed by atoms with van der Waals surface area (Å²) in [7, 11) is 0. The molecule has 3 heteroatoms. The third-order valence-corrected chi connectivity index (χ3v) is 8.06. The molecule has 2 bridgehead atoms. The van der Waals surface area contributed by atoms with E-state index in [0.717, 1.165) is 27.8 Å². The first-order valence-electron chi connectivity index (χ1n) is 12.8. The summed E-state index contributed by atoms with van der Waals surface area (Å²) < 4.78 is 0. The number of nitrogens with zero attached hydrogens (tertiary/aromatic N) is 1. The molecule has 1 heterocycles. The van der Waals surface area contributed by atoms with Gasteiger partial charge in [0.25, 0.3) is 0 Å². The van der Waals surface area contributed by atoms with Crippen LogP contribution in [0.4, 0.5) is 5.69 Å². The zero-order valence-electron chi connectivity index (χ0n) is 20.2. The Morgan fingerprint density at radius 2 is 0.946 bits per heavy atom.